The first-order valence-corrected chi connectivity index (χ1v) is 11.5. The van der Waals surface area contributed by atoms with E-state index in [-0.39, 0.29) is 19.2 Å². The number of fused-ring (bicyclic) bond motifs is 1. The van der Waals surface area contributed by atoms with E-state index in [0.717, 1.165) is 16.5 Å². The fourth-order valence-corrected chi connectivity index (χ4v) is 4.03. The number of aromatic nitrogens is 1. The van der Waals surface area contributed by atoms with Crippen molar-refractivity contribution in [1.29, 1.82) is 0 Å². The number of urea groups is 1. The molecule has 4 aromatic rings. The number of methoxy groups -OCH3 is 1. The fraction of sp³-hybridized carbons (Fsp3) is 0.222. The SMILES string of the molecule is COc1ccc(CN(CCc2c[nH]c3ccccc23)C(=O)Nc2cc(C(F)(F)F)cc(C(F)(F)F)c2)cc1. The van der Waals surface area contributed by atoms with Gasteiger partial charge in [-0.15, -0.1) is 0 Å². The Hall–Kier alpha value is -4.15. The quantitative estimate of drug-likeness (QED) is 0.241. The summed E-state index contributed by atoms with van der Waals surface area (Å²) in [7, 11) is 1.50. The van der Waals surface area contributed by atoms with Crippen LogP contribution in [0.3, 0.4) is 0 Å². The molecular weight excluding hydrogens is 512 g/mol. The molecule has 0 aliphatic rings. The number of nitrogens with zero attached hydrogens (tertiary/aromatic N) is 1. The van der Waals surface area contributed by atoms with E-state index in [1.54, 1.807) is 30.5 Å². The second kappa shape index (κ2) is 10.7. The van der Waals surface area contributed by atoms with Gasteiger partial charge in [-0.3, -0.25) is 0 Å². The maximum atomic E-state index is 13.3. The second-order valence-electron chi connectivity index (χ2n) is 8.60. The average Bonchev–Trinajstić information content (AvgIpc) is 3.28. The Morgan fingerprint density at radius 3 is 2.16 bits per heavy atom. The van der Waals surface area contributed by atoms with Crippen LogP contribution in [0.15, 0.2) is 72.9 Å². The molecule has 2 N–H and O–H groups in total. The molecule has 2 amide bonds. The zero-order valence-electron chi connectivity index (χ0n) is 20.1. The van der Waals surface area contributed by atoms with E-state index in [1.807, 2.05) is 24.3 Å². The van der Waals surface area contributed by atoms with Crippen LogP contribution < -0.4 is 10.1 Å². The number of ether oxygens (including phenoxy) is 1. The van der Waals surface area contributed by atoms with Crippen molar-refractivity contribution in [3.8, 4) is 5.75 Å². The van der Waals surface area contributed by atoms with E-state index in [0.29, 0.717) is 29.9 Å². The Labute approximate surface area is 214 Å². The van der Waals surface area contributed by atoms with Crippen molar-refractivity contribution in [2.75, 3.05) is 19.0 Å². The molecule has 3 aromatic carbocycles. The number of carbonyl (C=O) groups is 1. The zero-order valence-corrected chi connectivity index (χ0v) is 20.1. The van der Waals surface area contributed by atoms with Gasteiger partial charge in [0.05, 0.1) is 18.2 Å². The van der Waals surface area contributed by atoms with Crippen molar-refractivity contribution in [2.24, 2.45) is 0 Å². The number of rotatable bonds is 7. The number of alkyl halides is 6. The van der Waals surface area contributed by atoms with Crippen LogP contribution in [0.2, 0.25) is 0 Å². The van der Waals surface area contributed by atoms with Crippen LogP contribution in [0.1, 0.15) is 22.3 Å². The minimum Gasteiger partial charge on any atom is -0.497 e. The minimum absolute atomic E-state index is 0.0157. The average molecular weight is 535 g/mol. The highest BCUT2D eigenvalue weighted by molar-refractivity contribution is 5.90. The Morgan fingerprint density at radius 1 is 0.921 bits per heavy atom. The van der Waals surface area contributed by atoms with Gasteiger partial charge in [-0.05, 0) is 53.9 Å². The molecule has 0 atom stereocenters. The van der Waals surface area contributed by atoms with Crippen LogP contribution in [0, 0.1) is 0 Å². The molecular formula is C27H23F6N3O2. The van der Waals surface area contributed by atoms with Crippen LogP contribution in [-0.2, 0) is 25.3 Å². The Morgan fingerprint density at radius 2 is 1.55 bits per heavy atom. The van der Waals surface area contributed by atoms with Crippen molar-refractivity contribution >= 4 is 22.6 Å². The molecule has 0 aliphatic carbocycles. The minimum atomic E-state index is -5.03. The van der Waals surface area contributed by atoms with Crippen molar-refractivity contribution in [1.82, 2.24) is 9.88 Å². The largest absolute Gasteiger partial charge is 0.497 e. The molecule has 0 bridgehead atoms. The Kier molecular flexibility index (Phi) is 7.56. The van der Waals surface area contributed by atoms with E-state index >= 15 is 0 Å². The van der Waals surface area contributed by atoms with Crippen LogP contribution in [-0.4, -0.2) is 29.6 Å². The molecule has 0 radical (unpaired) electrons. The smallest absolute Gasteiger partial charge is 0.416 e. The topological polar surface area (TPSA) is 57.4 Å². The molecule has 38 heavy (non-hydrogen) atoms. The molecule has 4 rings (SSSR count). The van der Waals surface area contributed by atoms with E-state index in [9.17, 15) is 31.1 Å². The molecule has 11 heteroatoms. The number of aromatic amines is 1. The molecule has 0 unspecified atom stereocenters. The molecule has 0 aliphatic heterocycles. The highest BCUT2D eigenvalue weighted by Crippen LogP contribution is 2.37. The second-order valence-corrected chi connectivity index (χ2v) is 8.60. The zero-order chi connectivity index (χ0) is 27.5. The number of carbonyl (C=O) groups excluding carboxylic acids is 1. The molecule has 1 heterocycles. The van der Waals surface area contributed by atoms with Gasteiger partial charge in [-0.1, -0.05) is 30.3 Å². The number of hydrogen-bond acceptors (Lipinski definition) is 2. The third-order valence-electron chi connectivity index (χ3n) is 5.98. The molecule has 200 valence electrons. The Bertz CT molecular complexity index is 1380. The number of para-hydroxylation sites is 1. The van der Waals surface area contributed by atoms with Crippen LogP contribution in [0.25, 0.3) is 10.9 Å². The third kappa shape index (κ3) is 6.39. The maximum absolute atomic E-state index is 13.3. The van der Waals surface area contributed by atoms with Gasteiger partial charge in [0.15, 0.2) is 0 Å². The number of halogens is 6. The van der Waals surface area contributed by atoms with Gasteiger partial charge in [0.2, 0.25) is 0 Å². The molecule has 0 saturated heterocycles. The molecule has 0 spiro atoms. The van der Waals surface area contributed by atoms with Crippen LogP contribution >= 0.6 is 0 Å². The number of hydrogen-bond donors (Lipinski definition) is 2. The first kappa shape index (κ1) is 26.9. The van der Waals surface area contributed by atoms with E-state index < -0.39 is 35.2 Å². The van der Waals surface area contributed by atoms with Gasteiger partial charge < -0.3 is 19.9 Å². The normalized spacial score (nSPS) is 12.0. The lowest BCUT2D eigenvalue weighted by atomic mass is 10.1. The highest BCUT2D eigenvalue weighted by atomic mass is 19.4. The number of nitrogens with one attached hydrogen (secondary N) is 2. The summed E-state index contributed by atoms with van der Waals surface area (Å²) >= 11 is 0. The fourth-order valence-electron chi connectivity index (χ4n) is 4.03. The lowest BCUT2D eigenvalue weighted by Crippen LogP contribution is -2.36. The van der Waals surface area contributed by atoms with Crippen molar-refractivity contribution in [2.45, 2.75) is 25.3 Å². The van der Waals surface area contributed by atoms with Gasteiger partial charge in [0, 0.05) is 35.9 Å². The van der Waals surface area contributed by atoms with Crippen molar-refractivity contribution in [3.05, 3.63) is 95.2 Å². The number of H-pyrrole nitrogens is 1. The van der Waals surface area contributed by atoms with Crippen molar-refractivity contribution < 1.29 is 35.9 Å². The predicted octanol–water partition coefficient (Wildman–Crippen LogP) is 7.49. The summed E-state index contributed by atoms with van der Waals surface area (Å²) in [4.78, 5) is 17.7. The summed E-state index contributed by atoms with van der Waals surface area (Å²) in [6.45, 7) is 0.202. The number of amides is 2. The third-order valence-corrected chi connectivity index (χ3v) is 5.98. The maximum Gasteiger partial charge on any atom is 0.416 e. The van der Waals surface area contributed by atoms with Gasteiger partial charge in [0.25, 0.3) is 0 Å². The summed E-state index contributed by atoms with van der Waals surface area (Å²) in [5.41, 5.74) is -1.13. The lowest BCUT2D eigenvalue weighted by Gasteiger charge is -2.24. The first-order chi connectivity index (χ1) is 17.9. The molecule has 0 fully saturated rings. The molecule has 0 saturated carbocycles. The van der Waals surface area contributed by atoms with E-state index in [1.165, 1.54) is 12.0 Å². The summed E-state index contributed by atoms with van der Waals surface area (Å²) in [5.74, 6) is 0.590. The number of anilines is 1. The Balaban J connectivity index is 1.61. The highest BCUT2D eigenvalue weighted by Gasteiger charge is 2.37. The van der Waals surface area contributed by atoms with Crippen LogP contribution in [0.5, 0.6) is 5.75 Å². The van der Waals surface area contributed by atoms with Gasteiger partial charge in [0.1, 0.15) is 5.75 Å². The summed E-state index contributed by atoms with van der Waals surface area (Å²) < 4.78 is 84.8. The summed E-state index contributed by atoms with van der Waals surface area (Å²) in [5, 5.41) is 3.18. The summed E-state index contributed by atoms with van der Waals surface area (Å²) in [6, 6.07) is 14.5. The summed E-state index contributed by atoms with van der Waals surface area (Å²) in [6.07, 6.45) is -7.86. The van der Waals surface area contributed by atoms with Gasteiger partial charge in [-0.2, -0.15) is 26.3 Å². The molecule has 5 nitrogen and oxygen atoms in total. The van der Waals surface area contributed by atoms with Gasteiger partial charge >= 0.3 is 18.4 Å². The van der Waals surface area contributed by atoms with Crippen molar-refractivity contribution in [3.63, 3.8) is 0 Å². The predicted molar refractivity (Wildman–Crippen MR) is 131 cm³/mol. The number of benzene rings is 3. The van der Waals surface area contributed by atoms with Crippen LogP contribution in [0.4, 0.5) is 36.8 Å². The standard InChI is InChI=1S/C27H23F6N3O2/c1-38-22-8-6-17(7-9-22)16-36(11-10-18-15-34-24-5-3-2-4-23(18)24)25(37)35-21-13-19(26(28,29)30)12-20(14-21)27(31,32)33/h2-9,12-15,34H,10-11,16H2,1H3,(H,35,37). The lowest BCUT2D eigenvalue weighted by molar-refractivity contribution is -0.143. The van der Waals surface area contributed by atoms with E-state index in [4.69, 9.17) is 4.74 Å². The van der Waals surface area contributed by atoms with E-state index in [2.05, 4.69) is 10.3 Å². The van der Waals surface area contributed by atoms with Gasteiger partial charge in [-0.25, -0.2) is 4.79 Å². The first-order valence-electron chi connectivity index (χ1n) is 11.5. The monoisotopic (exact) mass is 535 g/mol. The molecule has 1 aromatic heterocycles.